The summed E-state index contributed by atoms with van der Waals surface area (Å²) >= 11 is 0. The smallest absolute Gasteiger partial charge is 0.124 e. The molecule has 0 aromatic heterocycles. The number of phenolic OH excluding ortho intramolecular Hbond substituents is 1. The Morgan fingerprint density at radius 3 is 2.59 bits per heavy atom. The van der Waals surface area contributed by atoms with Crippen molar-refractivity contribution in [1.82, 2.24) is 5.32 Å². The molecule has 0 aliphatic heterocycles. The van der Waals surface area contributed by atoms with Gasteiger partial charge in [-0.05, 0) is 24.8 Å². The van der Waals surface area contributed by atoms with Crippen LogP contribution in [-0.2, 0) is 0 Å². The number of phenols is 1. The van der Waals surface area contributed by atoms with Gasteiger partial charge in [-0.2, -0.15) is 0 Å². The fraction of sp³-hybridized carbons (Fsp3) is 0.571. The van der Waals surface area contributed by atoms with Gasteiger partial charge in [0.1, 0.15) is 11.5 Å². The van der Waals surface area contributed by atoms with Gasteiger partial charge < -0.3 is 15.2 Å². The second kappa shape index (κ2) is 4.22. The molecule has 0 spiro atoms. The van der Waals surface area contributed by atoms with E-state index in [1.165, 1.54) is 6.42 Å². The Bertz CT molecular complexity index is 415. The van der Waals surface area contributed by atoms with Crippen LogP contribution in [0.2, 0.25) is 0 Å². The maximum atomic E-state index is 9.94. The molecule has 0 bridgehead atoms. The summed E-state index contributed by atoms with van der Waals surface area (Å²) in [5, 5.41) is 13.5. The maximum Gasteiger partial charge on any atom is 0.124 e. The molecule has 94 valence electrons. The number of hydrogen-bond acceptors (Lipinski definition) is 3. The maximum absolute atomic E-state index is 9.94. The molecule has 2 atom stereocenters. The first kappa shape index (κ1) is 12.2. The van der Waals surface area contributed by atoms with Crippen molar-refractivity contribution in [3.63, 3.8) is 0 Å². The monoisotopic (exact) mass is 235 g/mol. The Kier molecular flexibility index (Phi) is 3.04. The minimum Gasteiger partial charge on any atom is -0.507 e. The zero-order chi connectivity index (χ0) is 12.6. The van der Waals surface area contributed by atoms with E-state index in [4.69, 9.17) is 4.74 Å². The number of aromatic hydroxyl groups is 1. The summed E-state index contributed by atoms with van der Waals surface area (Å²) in [6.45, 7) is 6.59. The Morgan fingerprint density at radius 2 is 2.12 bits per heavy atom. The summed E-state index contributed by atoms with van der Waals surface area (Å²) in [7, 11) is 1.60. The third-order valence-corrected chi connectivity index (χ3v) is 3.67. The van der Waals surface area contributed by atoms with Crippen molar-refractivity contribution in [3.8, 4) is 11.5 Å². The van der Waals surface area contributed by atoms with E-state index in [2.05, 4.69) is 26.1 Å². The third kappa shape index (κ3) is 2.55. The first-order valence-corrected chi connectivity index (χ1v) is 6.07. The molecule has 0 radical (unpaired) electrons. The SMILES string of the molecule is COc1ccc(C(C)NC2CC2(C)C)c(O)c1. The van der Waals surface area contributed by atoms with Crippen molar-refractivity contribution in [2.75, 3.05) is 7.11 Å². The van der Waals surface area contributed by atoms with E-state index < -0.39 is 0 Å². The van der Waals surface area contributed by atoms with E-state index in [9.17, 15) is 5.11 Å². The van der Waals surface area contributed by atoms with E-state index in [1.807, 2.05) is 12.1 Å². The molecule has 1 aromatic rings. The fourth-order valence-corrected chi connectivity index (χ4v) is 2.16. The quantitative estimate of drug-likeness (QED) is 0.843. The van der Waals surface area contributed by atoms with Gasteiger partial charge in [-0.25, -0.2) is 0 Å². The molecular weight excluding hydrogens is 214 g/mol. The van der Waals surface area contributed by atoms with Crippen molar-refractivity contribution < 1.29 is 9.84 Å². The molecule has 3 heteroatoms. The van der Waals surface area contributed by atoms with Crippen LogP contribution in [0.3, 0.4) is 0 Å². The van der Waals surface area contributed by atoms with Crippen molar-refractivity contribution in [1.29, 1.82) is 0 Å². The number of nitrogens with one attached hydrogen (secondary N) is 1. The Labute approximate surface area is 103 Å². The number of rotatable bonds is 4. The topological polar surface area (TPSA) is 41.5 Å². The molecule has 3 nitrogen and oxygen atoms in total. The van der Waals surface area contributed by atoms with Crippen molar-refractivity contribution in [2.45, 2.75) is 39.3 Å². The van der Waals surface area contributed by atoms with Crippen LogP contribution in [0.1, 0.15) is 38.8 Å². The molecule has 1 aromatic carbocycles. The number of ether oxygens (including phenoxy) is 1. The lowest BCUT2D eigenvalue weighted by Gasteiger charge is -2.17. The summed E-state index contributed by atoms with van der Waals surface area (Å²) < 4.78 is 5.08. The van der Waals surface area contributed by atoms with Crippen molar-refractivity contribution in [3.05, 3.63) is 23.8 Å². The summed E-state index contributed by atoms with van der Waals surface area (Å²) in [5.41, 5.74) is 1.32. The molecule has 17 heavy (non-hydrogen) atoms. The molecule has 2 rings (SSSR count). The number of benzene rings is 1. The van der Waals surface area contributed by atoms with Gasteiger partial charge in [-0.1, -0.05) is 19.9 Å². The molecule has 1 fully saturated rings. The lowest BCUT2D eigenvalue weighted by molar-refractivity contribution is 0.402. The Balaban J connectivity index is 2.06. The van der Waals surface area contributed by atoms with E-state index in [0.29, 0.717) is 23.0 Å². The molecule has 0 amide bonds. The average Bonchev–Trinajstić information content (AvgIpc) is 2.85. The van der Waals surface area contributed by atoms with Gasteiger partial charge in [0.2, 0.25) is 0 Å². The summed E-state index contributed by atoms with van der Waals surface area (Å²) in [5.74, 6) is 0.980. The van der Waals surface area contributed by atoms with Crippen LogP contribution in [0.4, 0.5) is 0 Å². The molecule has 2 N–H and O–H groups in total. The van der Waals surface area contributed by atoms with Gasteiger partial charge in [-0.15, -0.1) is 0 Å². The highest BCUT2D eigenvalue weighted by molar-refractivity contribution is 5.41. The van der Waals surface area contributed by atoms with Gasteiger partial charge in [0.15, 0.2) is 0 Å². The van der Waals surface area contributed by atoms with Gasteiger partial charge in [0, 0.05) is 23.7 Å². The fourth-order valence-electron chi connectivity index (χ4n) is 2.16. The van der Waals surface area contributed by atoms with Gasteiger partial charge in [-0.3, -0.25) is 0 Å². The second-order valence-electron chi connectivity index (χ2n) is 5.56. The van der Waals surface area contributed by atoms with Crippen LogP contribution in [0.5, 0.6) is 11.5 Å². The van der Waals surface area contributed by atoms with Crippen LogP contribution in [0, 0.1) is 5.41 Å². The molecule has 1 aliphatic rings. The van der Waals surface area contributed by atoms with E-state index >= 15 is 0 Å². The minimum atomic E-state index is 0.160. The largest absolute Gasteiger partial charge is 0.507 e. The standard InChI is InChI=1S/C14H21NO2/c1-9(15-13-8-14(13,2)3)11-6-5-10(17-4)7-12(11)16/h5-7,9,13,15-16H,8H2,1-4H3. The van der Waals surface area contributed by atoms with Gasteiger partial charge in [0.05, 0.1) is 7.11 Å². The number of hydrogen-bond donors (Lipinski definition) is 2. The minimum absolute atomic E-state index is 0.160. The Hall–Kier alpha value is -1.22. The first-order chi connectivity index (χ1) is 7.94. The van der Waals surface area contributed by atoms with Gasteiger partial charge >= 0.3 is 0 Å². The van der Waals surface area contributed by atoms with Crippen LogP contribution < -0.4 is 10.1 Å². The normalized spacial score (nSPS) is 23.2. The lowest BCUT2D eigenvalue weighted by atomic mass is 10.1. The van der Waals surface area contributed by atoms with Gasteiger partial charge in [0.25, 0.3) is 0 Å². The zero-order valence-electron chi connectivity index (χ0n) is 10.9. The second-order valence-corrected chi connectivity index (χ2v) is 5.56. The zero-order valence-corrected chi connectivity index (χ0v) is 10.9. The molecule has 1 aliphatic carbocycles. The van der Waals surface area contributed by atoms with Crippen LogP contribution >= 0.6 is 0 Å². The summed E-state index contributed by atoms with van der Waals surface area (Å²) in [4.78, 5) is 0. The van der Waals surface area contributed by atoms with Crippen molar-refractivity contribution >= 4 is 0 Å². The molecule has 1 saturated carbocycles. The Morgan fingerprint density at radius 1 is 1.47 bits per heavy atom. The van der Waals surface area contributed by atoms with E-state index in [-0.39, 0.29) is 6.04 Å². The molecular formula is C14H21NO2. The third-order valence-electron chi connectivity index (χ3n) is 3.67. The first-order valence-electron chi connectivity index (χ1n) is 6.07. The molecule has 2 unspecified atom stereocenters. The van der Waals surface area contributed by atoms with E-state index in [1.54, 1.807) is 13.2 Å². The molecule has 0 heterocycles. The summed E-state index contributed by atoms with van der Waals surface area (Å²) in [6, 6.07) is 6.17. The van der Waals surface area contributed by atoms with Crippen molar-refractivity contribution in [2.24, 2.45) is 5.41 Å². The lowest BCUT2D eigenvalue weighted by Crippen LogP contribution is -2.24. The molecule has 0 saturated heterocycles. The van der Waals surface area contributed by atoms with E-state index in [0.717, 1.165) is 5.56 Å². The predicted molar refractivity (Wildman–Crippen MR) is 68.4 cm³/mol. The summed E-state index contributed by atoms with van der Waals surface area (Å²) in [6.07, 6.45) is 1.20. The van der Waals surface area contributed by atoms with Crippen LogP contribution in [0.15, 0.2) is 18.2 Å². The highest BCUT2D eigenvalue weighted by atomic mass is 16.5. The number of methoxy groups -OCH3 is 1. The van der Waals surface area contributed by atoms with Crippen LogP contribution in [0.25, 0.3) is 0 Å². The highest BCUT2D eigenvalue weighted by Gasteiger charge is 2.46. The predicted octanol–water partition coefficient (Wildman–Crippen LogP) is 2.85. The highest BCUT2D eigenvalue weighted by Crippen LogP contribution is 2.46. The van der Waals surface area contributed by atoms with Crippen LogP contribution in [-0.4, -0.2) is 18.3 Å². The average molecular weight is 235 g/mol.